The molecule has 31 heavy (non-hydrogen) atoms. The second-order valence-electron chi connectivity index (χ2n) is 7.17. The predicted octanol–water partition coefficient (Wildman–Crippen LogP) is 6.46. The molecule has 1 aliphatic heterocycles. The van der Waals surface area contributed by atoms with Crippen LogP contribution in [0.15, 0.2) is 77.7 Å². The Labute approximate surface area is 190 Å². The van der Waals surface area contributed by atoms with Crippen LogP contribution in [0.2, 0.25) is 5.02 Å². The molecule has 0 unspecified atom stereocenters. The minimum atomic E-state index is -0.294. The molecule has 0 saturated carbocycles. The number of halogens is 1. The van der Waals surface area contributed by atoms with Crippen molar-refractivity contribution < 1.29 is 14.3 Å². The smallest absolute Gasteiger partial charge is 0.293 e. The Balaban J connectivity index is 1.53. The van der Waals surface area contributed by atoms with Gasteiger partial charge in [0.25, 0.3) is 11.1 Å². The van der Waals surface area contributed by atoms with E-state index in [0.717, 1.165) is 34.0 Å². The van der Waals surface area contributed by atoms with Crippen LogP contribution in [0.1, 0.15) is 22.3 Å². The molecular weight excluding hydrogens is 430 g/mol. The number of ether oxygens (including phenoxy) is 1. The maximum Gasteiger partial charge on any atom is 0.293 e. The lowest BCUT2D eigenvalue weighted by Gasteiger charge is -2.13. The van der Waals surface area contributed by atoms with Crippen molar-refractivity contribution in [2.45, 2.75) is 20.1 Å². The number of carbonyl (C=O) groups is 2. The molecule has 0 spiro atoms. The van der Waals surface area contributed by atoms with Crippen molar-refractivity contribution in [1.82, 2.24) is 4.90 Å². The fraction of sp³-hybridized carbons (Fsp3) is 0.120. The molecule has 156 valence electrons. The van der Waals surface area contributed by atoms with Gasteiger partial charge in [-0.1, -0.05) is 77.8 Å². The van der Waals surface area contributed by atoms with Crippen molar-refractivity contribution in [3.8, 4) is 5.75 Å². The van der Waals surface area contributed by atoms with Crippen LogP contribution in [0.5, 0.6) is 5.75 Å². The van der Waals surface area contributed by atoms with Gasteiger partial charge in [0.1, 0.15) is 12.4 Å². The molecule has 0 atom stereocenters. The molecule has 3 aromatic rings. The quantitative estimate of drug-likeness (QED) is 0.405. The molecule has 0 bridgehead atoms. The Kier molecular flexibility index (Phi) is 6.44. The number of carbonyl (C=O) groups excluding carboxylic acids is 2. The molecule has 1 heterocycles. The van der Waals surface area contributed by atoms with E-state index in [0.29, 0.717) is 22.3 Å². The normalized spacial score (nSPS) is 15.0. The zero-order valence-corrected chi connectivity index (χ0v) is 18.5. The predicted molar refractivity (Wildman–Crippen MR) is 125 cm³/mol. The molecule has 3 aromatic carbocycles. The van der Waals surface area contributed by atoms with Gasteiger partial charge >= 0.3 is 0 Å². The van der Waals surface area contributed by atoms with Gasteiger partial charge in [-0.3, -0.25) is 14.5 Å². The van der Waals surface area contributed by atoms with Crippen molar-refractivity contribution in [3.05, 3.63) is 105 Å². The molecule has 4 rings (SSSR count). The number of nitrogens with zero attached hydrogens (tertiary/aromatic N) is 1. The molecule has 2 amide bonds. The Hall–Kier alpha value is -3.02. The maximum absolute atomic E-state index is 12.9. The first kappa shape index (κ1) is 21.2. The summed E-state index contributed by atoms with van der Waals surface area (Å²) in [5.41, 5.74) is 3.62. The van der Waals surface area contributed by atoms with Crippen molar-refractivity contribution in [3.63, 3.8) is 0 Å². The van der Waals surface area contributed by atoms with E-state index < -0.39 is 0 Å². The van der Waals surface area contributed by atoms with Gasteiger partial charge in [0.05, 0.1) is 11.4 Å². The maximum atomic E-state index is 12.9. The van der Waals surface area contributed by atoms with Crippen LogP contribution in [0.3, 0.4) is 0 Å². The molecule has 0 aromatic heterocycles. The summed E-state index contributed by atoms with van der Waals surface area (Å²) in [4.78, 5) is 27.0. The first-order valence-corrected chi connectivity index (χ1v) is 11.0. The molecule has 0 N–H and O–H groups in total. The molecule has 4 nitrogen and oxygen atoms in total. The highest BCUT2D eigenvalue weighted by Crippen LogP contribution is 2.35. The molecule has 1 saturated heterocycles. The fourth-order valence-corrected chi connectivity index (χ4v) is 4.29. The Bertz CT molecular complexity index is 1170. The van der Waals surface area contributed by atoms with E-state index >= 15 is 0 Å². The van der Waals surface area contributed by atoms with Gasteiger partial charge in [-0.25, -0.2) is 0 Å². The Morgan fingerprint density at radius 2 is 1.77 bits per heavy atom. The number of rotatable bonds is 6. The molecular formula is C25H20ClNO3S. The average Bonchev–Trinajstić information content (AvgIpc) is 3.01. The molecule has 6 heteroatoms. The number of amides is 2. The first-order valence-electron chi connectivity index (χ1n) is 9.77. The highest BCUT2D eigenvalue weighted by Gasteiger charge is 2.35. The summed E-state index contributed by atoms with van der Waals surface area (Å²) in [6.07, 6.45) is 1.71. The summed E-state index contributed by atoms with van der Waals surface area (Å²) in [6, 6.07) is 22.7. The van der Waals surface area contributed by atoms with Gasteiger partial charge in [-0.15, -0.1) is 0 Å². The van der Waals surface area contributed by atoms with Crippen LogP contribution in [0.4, 0.5) is 4.79 Å². The van der Waals surface area contributed by atoms with Crippen LogP contribution in [0.25, 0.3) is 6.08 Å². The fourth-order valence-electron chi connectivity index (χ4n) is 3.27. The summed E-state index contributed by atoms with van der Waals surface area (Å²) >= 11 is 7.16. The number of imide groups is 1. The van der Waals surface area contributed by atoms with Gasteiger partial charge < -0.3 is 4.74 Å². The largest absolute Gasteiger partial charge is 0.488 e. The molecule has 1 aliphatic rings. The number of aryl methyl sites for hydroxylation is 1. The topological polar surface area (TPSA) is 46.6 Å². The van der Waals surface area contributed by atoms with Crippen molar-refractivity contribution in [2.75, 3.05) is 0 Å². The Morgan fingerprint density at radius 3 is 2.58 bits per heavy atom. The summed E-state index contributed by atoms with van der Waals surface area (Å²) in [6.45, 7) is 2.55. The van der Waals surface area contributed by atoms with E-state index in [1.54, 1.807) is 6.08 Å². The van der Waals surface area contributed by atoms with Crippen LogP contribution in [0, 0.1) is 6.92 Å². The third kappa shape index (κ3) is 5.01. The number of para-hydroxylation sites is 1. The van der Waals surface area contributed by atoms with Gasteiger partial charge in [0.2, 0.25) is 0 Å². The van der Waals surface area contributed by atoms with E-state index in [-0.39, 0.29) is 17.7 Å². The third-order valence-corrected chi connectivity index (χ3v) is 6.12. The molecule has 0 radical (unpaired) electrons. The van der Waals surface area contributed by atoms with Crippen LogP contribution in [-0.2, 0) is 17.9 Å². The second-order valence-corrected chi connectivity index (χ2v) is 8.58. The summed E-state index contributed by atoms with van der Waals surface area (Å²) in [5, 5.41) is 0.365. The highest BCUT2D eigenvalue weighted by atomic mass is 35.5. The summed E-state index contributed by atoms with van der Waals surface area (Å²) in [5.74, 6) is 0.324. The van der Waals surface area contributed by atoms with Crippen molar-refractivity contribution in [2.24, 2.45) is 0 Å². The summed E-state index contributed by atoms with van der Waals surface area (Å²) < 4.78 is 5.96. The lowest BCUT2D eigenvalue weighted by atomic mass is 10.1. The average molecular weight is 450 g/mol. The van der Waals surface area contributed by atoms with E-state index in [4.69, 9.17) is 16.3 Å². The second kappa shape index (κ2) is 9.41. The number of hydrogen-bond acceptors (Lipinski definition) is 4. The zero-order valence-electron chi connectivity index (χ0n) is 16.9. The number of benzene rings is 3. The summed E-state index contributed by atoms with van der Waals surface area (Å²) in [7, 11) is 0. The lowest BCUT2D eigenvalue weighted by Crippen LogP contribution is -2.27. The minimum Gasteiger partial charge on any atom is -0.488 e. The van der Waals surface area contributed by atoms with E-state index in [9.17, 15) is 9.59 Å². The minimum absolute atomic E-state index is 0.258. The van der Waals surface area contributed by atoms with Gasteiger partial charge in [0, 0.05) is 16.1 Å². The molecule has 0 aliphatic carbocycles. The lowest BCUT2D eigenvalue weighted by molar-refractivity contribution is -0.123. The van der Waals surface area contributed by atoms with E-state index in [1.165, 1.54) is 4.90 Å². The number of hydrogen-bond donors (Lipinski definition) is 0. The SMILES string of the molecule is Cc1cccc(CN2C(=O)S/C(=C\c3ccccc3OCc3ccccc3Cl)C2=O)c1. The molecule has 1 fully saturated rings. The van der Waals surface area contributed by atoms with Crippen LogP contribution in [-0.4, -0.2) is 16.0 Å². The highest BCUT2D eigenvalue weighted by molar-refractivity contribution is 8.18. The third-order valence-electron chi connectivity index (χ3n) is 4.84. The first-order chi connectivity index (χ1) is 15.0. The zero-order chi connectivity index (χ0) is 21.8. The van der Waals surface area contributed by atoms with Crippen LogP contribution < -0.4 is 4.74 Å². The number of thioether (sulfide) groups is 1. The standard InChI is InChI=1S/C25H20ClNO3S/c1-17-7-6-8-18(13-17)15-27-24(28)23(31-25(27)29)14-19-9-3-5-12-22(19)30-16-20-10-2-4-11-21(20)26/h2-14H,15-16H2,1H3/b23-14-. The Morgan fingerprint density at radius 1 is 1.00 bits per heavy atom. The van der Waals surface area contributed by atoms with E-state index in [2.05, 4.69) is 0 Å². The van der Waals surface area contributed by atoms with Gasteiger partial charge in [0.15, 0.2) is 0 Å². The van der Waals surface area contributed by atoms with Crippen molar-refractivity contribution >= 4 is 40.6 Å². The van der Waals surface area contributed by atoms with E-state index in [1.807, 2.05) is 79.7 Å². The van der Waals surface area contributed by atoms with Gasteiger partial charge in [-0.2, -0.15) is 0 Å². The van der Waals surface area contributed by atoms with Gasteiger partial charge in [-0.05, 0) is 42.5 Å². The van der Waals surface area contributed by atoms with Crippen LogP contribution >= 0.6 is 23.4 Å². The monoisotopic (exact) mass is 449 g/mol. The van der Waals surface area contributed by atoms with Crippen molar-refractivity contribution in [1.29, 1.82) is 0 Å².